The molecule has 0 N–H and O–H groups in total. The molecule has 2 heterocycles. The minimum atomic E-state index is 0.523. The molecular formula is C45H30N4. The lowest BCUT2D eigenvalue weighted by atomic mass is 9.91. The van der Waals surface area contributed by atoms with Gasteiger partial charge in [0.1, 0.15) is 0 Å². The summed E-state index contributed by atoms with van der Waals surface area (Å²) < 4.78 is 4.58. The van der Waals surface area contributed by atoms with Crippen molar-refractivity contribution < 1.29 is 0 Å². The van der Waals surface area contributed by atoms with Gasteiger partial charge in [0.25, 0.3) is 0 Å². The van der Waals surface area contributed by atoms with E-state index in [2.05, 4.69) is 137 Å². The first-order valence-electron chi connectivity index (χ1n) is 16.6. The number of benzene rings is 6. The van der Waals surface area contributed by atoms with Crippen LogP contribution in [0.2, 0.25) is 0 Å². The van der Waals surface area contributed by atoms with Crippen LogP contribution in [0.3, 0.4) is 0 Å². The Labute approximate surface area is 284 Å². The Morgan fingerprint density at radius 2 is 1.33 bits per heavy atom. The Hall–Kier alpha value is -6.62. The quantitative estimate of drug-likeness (QED) is 0.195. The van der Waals surface area contributed by atoms with Crippen molar-refractivity contribution in [2.24, 2.45) is 0 Å². The zero-order valence-corrected chi connectivity index (χ0v) is 27.0. The molecule has 0 amide bonds. The van der Waals surface area contributed by atoms with Crippen molar-refractivity contribution >= 4 is 38.8 Å². The molecule has 49 heavy (non-hydrogen) atoms. The Morgan fingerprint density at radius 3 is 2.16 bits per heavy atom. The van der Waals surface area contributed by atoms with E-state index in [0.717, 1.165) is 68.3 Å². The number of aryl methyl sites for hydroxylation is 2. The maximum absolute atomic E-state index is 10.6. The molecule has 1 aliphatic rings. The summed E-state index contributed by atoms with van der Waals surface area (Å²) >= 11 is 0. The second-order valence-corrected chi connectivity index (χ2v) is 12.8. The van der Waals surface area contributed by atoms with Gasteiger partial charge in [0.2, 0.25) is 0 Å². The highest BCUT2D eigenvalue weighted by Crippen LogP contribution is 2.40. The van der Waals surface area contributed by atoms with Gasteiger partial charge in [0.15, 0.2) is 0 Å². The summed E-state index contributed by atoms with van der Waals surface area (Å²) in [6.45, 7) is 2.11. The van der Waals surface area contributed by atoms with E-state index < -0.39 is 0 Å². The highest BCUT2D eigenvalue weighted by molar-refractivity contribution is 6.10. The normalized spacial score (nSPS) is 12.3. The number of para-hydroxylation sites is 2. The second kappa shape index (κ2) is 11.3. The topological polar surface area (TPSA) is 57.4 Å². The van der Waals surface area contributed by atoms with Crippen molar-refractivity contribution in [3.8, 4) is 45.8 Å². The van der Waals surface area contributed by atoms with Gasteiger partial charge in [-0.3, -0.25) is 0 Å². The van der Waals surface area contributed by atoms with Gasteiger partial charge in [0, 0.05) is 38.7 Å². The summed E-state index contributed by atoms with van der Waals surface area (Å²) in [5, 5.41) is 24.6. The predicted octanol–water partition coefficient (Wildman–Crippen LogP) is 11.1. The number of fused-ring (bicyclic) bond motifs is 6. The van der Waals surface area contributed by atoms with E-state index in [1.165, 1.54) is 27.7 Å². The van der Waals surface area contributed by atoms with Gasteiger partial charge in [-0.1, -0.05) is 84.4 Å². The highest BCUT2D eigenvalue weighted by Gasteiger charge is 2.21. The summed E-state index contributed by atoms with van der Waals surface area (Å²) in [5.74, 6) is 0. The van der Waals surface area contributed by atoms with Crippen molar-refractivity contribution in [1.29, 1.82) is 10.5 Å². The van der Waals surface area contributed by atoms with Crippen LogP contribution in [0.15, 0.2) is 133 Å². The van der Waals surface area contributed by atoms with Crippen LogP contribution in [0.1, 0.15) is 34.4 Å². The molecule has 2 aromatic heterocycles. The van der Waals surface area contributed by atoms with Gasteiger partial charge in [-0.2, -0.15) is 10.5 Å². The molecule has 0 aliphatic heterocycles. The molecule has 0 atom stereocenters. The number of nitrogens with zero attached hydrogens (tertiary/aromatic N) is 4. The summed E-state index contributed by atoms with van der Waals surface area (Å²) in [6.07, 6.45) is 6.59. The average Bonchev–Trinajstić information content (AvgIpc) is 3.67. The molecule has 4 nitrogen and oxygen atoms in total. The minimum Gasteiger partial charge on any atom is -0.310 e. The van der Waals surface area contributed by atoms with Gasteiger partial charge in [0.05, 0.1) is 45.5 Å². The Balaban J connectivity index is 1.22. The van der Waals surface area contributed by atoms with Crippen LogP contribution in [0.5, 0.6) is 0 Å². The van der Waals surface area contributed by atoms with Gasteiger partial charge < -0.3 is 9.13 Å². The molecule has 0 fully saturated rings. The van der Waals surface area contributed by atoms with Crippen LogP contribution in [-0.2, 0) is 6.42 Å². The number of rotatable bonds is 4. The van der Waals surface area contributed by atoms with E-state index >= 15 is 0 Å². The third kappa shape index (κ3) is 4.43. The zero-order chi connectivity index (χ0) is 33.1. The first-order valence-corrected chi connectivity index (χ1v) is 16.6. The molecule has 0 radical (unpaired) electrons. The third-order valence-electron chi connectivity index (χ3n) is 9.94. The average molecular weight is 627 g/mol. The van der Waals surface area contributed by atoms with Gasteiger partial charge in [-0.25, -0.2) is 0 Å². The number of nitriles is 2. The molecule has 0 saturated heterocycles. The van der Waals surface area contributed by atoms with E-state index in [4.69, 9.17) is 0 Å². The first kappa shape index (κ1) is 28.6. The Morgan fingerprint density at radius 1 is 0.592 bits per heavy atom. The fourth-order valence-electron chi connectivity index (χ4n) is 7.77. The van der Waals surface area contributed by atoms with E-state index in [1.54, 1.807) is 0 Å². The molecule has 1 aliphatic carbocycles. The standard InChI is InChI=1S/C45H30N4/c1-29-20-23-43-39(24-29)38-15-4-7-18-42(38)49(43)44-19-9-11-32(27-46)45(44)35-22-21-31(25-33(35)28-47)30-10-8-12-34(26-30)48-40-16-5-2-13-36(40)37-14-3-6-17-41(37)48/h2,4-13,15-26H,3,14H2,1H3. The monoisotopic (exact) mass is 626 g/mol. The van der Waals surface area contributed by atoms with Crippen molar-refractivity contribution in [2.75, 3.05) is 0 Å². The van der Waals surface area contributed by atoms with Crippen LogP contribution in [-0.4, -0.2) is 9.13 Å². The van der Waals surface area contributed by atoms with Gasteiger partial charge in [-0.05, 0) is 97.1 Å². The maximum atomic E-state index is 10.6. The Kier molecular flexibility index (Phi) is 6.57. The lowest BCUT2D eigenvalue weighted by Gasteiger charge is -2.17. The summed E-state index contributed by atoms with van der Waals surface area (Å²) in [6, 6.07) is 48.8. The van der Waals surface area contributed by atoms with Crippen molar-refractivity contribution in [2.45, 2.75) is 19.8 Å². The van der Waals surface area contributed by atoms with E-state index in [0.29, 0.717) is 11.1 Å². The van der Waals surface area contributed by atoms with Crippen LogP contribution in [0.4, 0.5) is 0 Å². The number of aromatic nitrogens is 2. The fraction of sp³-hybridized carbons (Fsp3) is 0.0667. The van der Waals surface area contributed by atoms with E-state index in [9.17, 15) is 10.5 Å². The molecule has 0 unspecified atom stereocenters. The molecule has 4 heteroatoms. The van der Waals surface area contributed by atoms with Crippen LogP contribution >= 0.6 is 0 Å². The Bertz CT molecular complexity index is 2760. The minimum absolute atomic E-state index is 0.523. The van der Waals surface area contributed by atoms with Crippen molar-refractivity contribution in [1.82, 2.24) is 9.13 Å². The van der Waals surface area contributed by atoms with Crippen LogP contribution in [0.25, 0.3) is 72.4 Å². The number of allylic oxidation sites excluding steroid dienone is 1. The fourth-order valence-corrected chi connectivity index (χ4v) is 7.77. The van der Waals surface area contributed by atoms with Crippen molar-refractivity contribution in [3.63, 3.8) is 0 Å². The molecule has 0 spiro atoms. The molecule has 8 aromatic rings. The van der Waals surface area contributed by atoms with Crippen LogP contribution < -0.4 is 0 Å². The molecule has 9 rings (SSSR count). The lowest BCUT2D eigenvalue weighted by Crippen LogP contribution is -2.01. The third-order valence-corrected chi connectivity index (χ3v) is 9.94. The lowest BCUT2D eigenvalue weighted by molar-refractivity contribution is 0.968. The van der Waals surface area contributed by atoms with Crippen molar-refractivity contribution in [3.05, 3.63) is 161 Å². The molecular weight excluding hydrogens is 597 g/mol. The second-order valence-electron chi connectivity index (χ2n) is 12.8. The largest absolute Gasteiger partial charge is 0.310 e. The summed E-state index contributed by atoms with van der Waals surface area (Å²) in [4.78, 5) is 0. The SMILES string of the molecule is Cc1ccc2c(c1)c1ccccc1n2-c1cccc(C#N)c1-c1ccc(-c2cccc(-n3c4c(c5ccccc53)CCC=C4)c2)cc1C#N. The number of hydrogen-bond acceptors (Lipinski definition) is 2. The molecule has 0 saturated carbocycles. The smallest absolute Gasteiger partial charge is 0.0998 e. The number of hydrogen-bond donors (Lipinski definition) is 0. The highest BCUT2D eigenvalue weighted by atomic mass is 15.0. The summed E-state index contributed by atoms with van der Waals surface area (Å²) in [5.41, 5.74) is 13.6. The van der Waals surface area contributed by atoms with E-state index in [1.807, 2.05) is 30.3 Å². The predicted molar refractivity (Wildman–Crippen MR) is 200 cm³/mol. The first-order chi connectivity index (χ1) is 24.1. The van der Waals surface area contributed by atoms with Crippen LogP contribution in [0, 0.1) is 29.6 Å². The maximum Gasteiger partial charge on any atom is 0.0998 e. The van der Waals surface area contributed by atoms with Gasteiger partial charge >= 0.3 is 0 Å². The summed E-state index contributed by atoms with van der Waals surface area (Å²) in [7, 11) is 0. The molecule has 0 bridgehead atoms. The molecule has 6 aromatic carbocycles. The van der Waals surface area contributed by atoms with E-state index in [-0.39, 0.29) is 0 Å². The van der Waals surface area contributed by atoms with Gasteiger partial charge in [-0.15, -0.1) is 0 Å². The zero-order valence-electron chi connectivity index (χ0n) is 27.0. The molecule has 230 valence electrons.